The third kappa shape index (κ3) is 4.61. The van der Waals surface area contributed by atoms with Gasteiger partial charge >= 0.3 is 0 Å². The van der Waals surface area contributed by atoms with E-state index >= 15 is 0 Å². The molecule has 2 aromatic rings. The maximum Gasteiger partial charge on any atom is 0.119 e. The first-order chi connectivity index (χ1) is 9.15. The molecule has 0 aliphatic heterocycles. The van der Waals surface area contributed by atoms with Crippen LogP contribution in [0.15, 0.2) is 41.8 Å². The molecule has 1 heterocycles. The number of rotatable bonds is 6. The van der Waals surface area contributed by atoms with E-state index in [2.05, 4.69) is 44.2 Å². The van der Waals surface area contributed by atoms with Gasteiger partial charge < -0.3 is 10.1 Å². The zero-order valence-corrected chi connectivity index (χ0v) is 13.3. The lowest BCUT2D eigenvalue weighted by atomic mass is 10.2. The summed E-state index contributed by atoms with van der Waals surface area (Å²) in [5.41, 5.74) is 1.25. The van der Waals surface area contributed by atoms with Crippen molar-refractivity contribution in [3.8, 4) is 5.75 Å². The molecular formula is C15H20NOPS. The van der Waals surface area contributed by atoms with Crippen LogP contribution in [-0.4, -0.2) is 6.10 Å². The van der Waals surface area contributed by atoms with Crippen LogP contribution in [0.2, 0.25) is 0 Å². The second kappa shape index (κ2) is 7.04. The number of nitrogens with one attached hydrogen (secondary N) is 1. The van der Waals surface area contributed by atoms with Crippen molar-refractivity contribution >= 4 is 20.6 Å². The molecule has 0 saturated carbocycles. The van der Waals surface area contributed by atoms with Gasteiger partial charge in [0, 0.05) is 17.2 Å². The number of hydrogen-bond acceptors (Lipinski definition) is 3. The van der Waals surface area contributed by atoms with E-state index in [1.165, 1.54) is 10.4 Å². The Hall–Kier alpha value is -0.890. The molecule has 0 bridgehead atoms. The number of benzene rings is 1. The molecule has 1 aromatic heterocycles. The van der Waals surface area contributed by atoms with E-state index in [4.69, 9.17) is 4.74 Å². The Bertz CT molecular complexity index is 481. The van der Waals surface area contributed by atoms with Crippen LogP contribution in [0.25, 0.3) is 0 Å². The van der Waals surface area contributed by atoms with Gasteiger partial charge in [0.15, 0.2) is 0 Å². The molecule has 2 nitrogen and oxygen atoms in total. The fourth-order valence-electron chi connectivity index (χ4n) is 1.77. The number of ether oxygens (including phenoxy) is 1. The first-order valence-corrected chi connectivity index (χ1v) is 7.98. The summed E-state index contributed by atoms with van der Waals surface area (Å²) in [7, 11) is 2.84. The van der Waals surface area contributed by atoms with Crippen molar-refractivity contribution in [1.29, 1.82) is 0 Å². The summed E-state index contributed by atoms with van der Waals surface area (Å²) in [4.78, 5) is 1.35. The van der Waals surface area contributed by atoms with Gasteiger partial charge in [-0.05, 0) is 43.0 Å². The Kier molecular flexibility index (Phi) is 5.38. The van der Waals surface area contributed by atoms with Crippen molar-refractivity contribution in [3.05, 3.63) is 52.2 Å². The highest BCUT2D eigenvalue weighted by Crippen LogP contribution is 2.24. The Labute approximate surface area is 121 Å². The van der Waals surface area contributed by atoms with Crippen LogP contribution in [-0.2, 0) is 6.54 Å². The second-order valence-electron chi connectivity index (χ2n) is 4.67. The van der Waals surface area contributed by atoms with Crippen molar-refractivity contribution in [2.24, 2.45) is 0 Å². The van der Waals surface area contributed by atoms with E-state index in [1.54, 1.807) is 11.3 Å². The van der Waals surface area contributed by atoms with Crippen LogP contribution >= 0.6 is 20.6 Å². The van der Waals surface area contributed by atoms with E-state index in [1.807, 2.05) is 26.0 Å². The van der Waals surface area contributed by atoms with Gasteiger partial charge in [-0.1, -0.05) is 18.2 Å². The lowest BCUT2D eigenvalue weighted by Gasteiger charge is -2.15. The van der Waals surface area contributed by atoms with Crippen LogP contribution in [0.5, 0.6) is 5.75 Å². The van der Waals surface area contributed by atoms with Crippen molar-refractivity contribution in [3.63, 3.8) is 0 Å². The summed E-state index contributed by atoms with van der Waals surface area (Å²) in [6.07, 6.45) is 0.217. The van der Waals surface area contributed by atoms with Gasteiger partial charge in [0.25, 0.3) is 0 Å². The Morgan fingerprint density at radius 2 is 1.95 bits per heavy atom. The van der Waals surface area contributed by atoms with Gasteiger partial charge in [0.1, 0.15) is 5.75 Å². The van der Waals surface area contributed by atoms with Gasteiger partial charge in [-0.2, -0.15) is 0 Å². The number of thiophene rings is 1. The van der Waals surface area contributed by atoms with Crippen LogP contribution in [0.4, 0.5) is 0 Å². The van der Waals surface area contributed by atoms with E-state index in [-0.39, 0.29) is 11.9 Å². The lowest BCUT2D eigenvalue weighted by Crippen LogP contribution is -2.15. The molecule has 0 saturated heterocycles. The highest BCUT2D eigenvalue weighted by Gasteiger charge is 2.06. The molecule has 1 N–H and O–H groups in total. The summed E-state index contributed by atoms with van der Waals surface area (Å²) in [6.45, 7) is 4.97. The van der Waals surface area contributed by atoms with Crippen molar-refractivity contribution in [2.75, 3.05) is 0 Å². The molecule has 2 atom stereocenters. The molecule has 0 fully saturated rings. The minimum atomic E-state index is 0.217. The normalized spacial score (nSPS) is 12.6. The van der Waals surface area contributed by atoms with Gasteiger partial charge in [-0.25, -0.2) is 0 Å². The van der Waals surface area contributed by atoms with Crippen LogP contribution in [0.1, 0.15) is 30.1 Å². The Morgan fingerprint density at radius 3 is 2.53 bits per heavy atom. The van der Waals surface area contributed by atoms with E-state index in [0.717, 1.165) is 12.3 Å². The molecule has 0 radical (unpaired) electrons. The zero-order valence-electron chi connectivity index (χ0n) is 11.3. The van der Waals surface area contributed by atoms with E-state index in [0.29, 0.717) is 0 Å². The van der Waals surface area contributed by atoms with E-state index < -0.39 is 0 Å². The van der Waals surface area contributed by atoms with Gasteiger partial charge in [0.2, 0.25) is 0 Å². The van der Waals surface area contributed by atoms with Gasteiger partial charge in [0.05, 0.1) is 6.10 Å². The standard InChI is InChI=1S/C15H20NOPS/c1-11(2)17-13-7-5-12(6-8-13)15(18)16-10-14-4-3-9-19-14/h3-9,11,15-16H,10,18H2,1-2H3. The first-order valence-electron chi connectivity index (χ1n) is 6.43. The van der Waals surface area contributed by atoms with Crippen LogP contribution < -0.4 is 10.1 Å². The fourth-order valence-corrected chi connectivity index (χ4v) is 2.76. The summed E-state index contributed by atoms with van der Waals surface area (Å²) in [5.74, 6) is 1.18. The maximum absolute atomic E-state index is 5.64. The molecule has 2 rings (SSSR count). The largest absolute Gasteiger partial charge is 0.491 e. The van der Waals surface area contributed by atoms with Crippen LogP contribution in [0, 0.1) is 0 Å². The van der Waals surface area contributed by atoms with Gasteiger partial charge in [-0.15, -0.1) is 20.6 Å². The SMILES string of the molecule is CC(C)Oc1ccc(C(P)NCc2cccs2)cc1. The average Bonchev–Trinajstić information content (AvgIpc) is 2.89. The maximum atomic E-state index is 5.64. The molecule has 102 valence electrons. The predicted octanol–water partition coefficient (Wildman–Crippen LogP) is 4.20. The van der Waals surface area contributed by atoms with Crippen molar-refractivity contribution in [1.82, 2.24) is 5.32 Å². The summed E-state index contributed by atoms with van der Waals surface area (Å²) < 4.78 is 5.64. The van der Waals surface area contributed by atoms with Crippen LogP contribution in [0.3, 0.4) is 0 Å². The molecule has 4 heteroatoms. The predicted molar refractivity (Wildman–Crippen MR) is 85.8 cm³/mol. The minimum absolute atomic E-state index is 0.217. The van der Waals surface area contributed by atoms with E-state index in [9.17, 15) is 0 Å². The third-order valence-corrected chi connectivity index (χ3v) is 4.18. The molecule has 0 aliphatic carbocycles. The quantitative estimate of drug-likeness (QED) is 0.806. The molecule has 1 aromatic carbocycles. The molecule has 19 heavy (non-hydrogen) atoms. The van der Waals surface area contributed by atoms with Crippen molar-refractivity contribution < 1.29 is 4.74 Å². The molecular weight excluding hydrogens is 273 g/mol. The summed E-state index contributed by atoms with van der Waals surface area (Å²) in [5, 5.41) is 5.60. The fraction of sp³-hybridized carbons (Fsp3) is 0.333. The second-order valence-corrected chi connectivity index (χ2v) is 6.37. The van der Waals surface area contributed by atoms with Crippen molar-refractivity contribution in [2.45, 2.75) is 32.3 Å². The summed E-state index contributed by atoms with van der Waals surface area (Å²) in [6, 6.07) is 12.5. The highest BCUT2D eigenvalue weighted by atomic mass is 32.1. The third-order valence-electron chi connectivity index (χ3n) is 2.69. The molecule has 0 spiro atoms. The molecule has 0 aliphatic rings. The monoisotopic (exact) mass is 293 g/mol. The smallest absolute Gasteiger partial charge is 0.119 e. The number of hydrogen-bond donors (Lipinski definition) is 1. The highest BCUT2D eigenvalue weighted by molar-refractivity contribution is 7.17. The topological polar surface area (TPSA) is 21.3 Å². The Morgan fingerprint density at radius 1 is 1.21 bits per heavy atom. The zero-order chi connectivity index (χ0) is 13.7. The minimum Gasteiger partial charge on any atom is -0.491 e. The average molecular weight is 293 g/mol. The molecule has 2 unspecified atom stereocenters. The first kappa shape index (κ1) is 14.5. The Balaban J connectivity index is 1.90. The molecule has 0 amide bonds. The lowest BCUT2D eigenvalue weighted by molar-refractivity contribution is 0.242. The van der Waals surface area contributed by atoms with Gasteiger partial charge in [-0.3, -0.25) is 0 Å². The summed E-state index contributed by atoms with van der Waals surface area (Å²) >= 11 is 1.78.